The van der Waals surface area contributed by atoms with E-state index < -0.39 is 20.7 Å². The minimum atomic E-state index is -4.11. The molecule has 1 N–H and O–H groups in total. The average molecular weight is 322 g/mol. The fourth-order valence-corrected chi connectivity index (χ4v) is 2.78. The van der Waals surface area contributed by atoms with Crippen molar-refractivity contribution in [3.05, 3.63) is 46.6 Å². The zero-order valence-electron chi connectivity index (χ0n) is 9.14. The highest BCUT2D eigenvalue weighted by molar-refractivity contribution is 7.92. The van der Waals surface area contributed by atoms with Crippen LogP contribution in [0.1, 0.15) is 0 Å². The predicted molar refractivity (Wildman–Crippen MR) is 69.3 cm³/mol. The summed E-state index contributed by atoms with van der Waals surface area (Å²) in [6, 6.07) is 6.10. The highest BCUT2D eigenvalue weighted by Gasteiger charge is 2.19. The Labute approximate surface area is 118 Å². The third-order valence-corrected chi connectivity index (χ3v) is 3.78. The fourth-order valence-electron chi connectivity index (χ4n) is 1.30. The number of sulfonamides is 1. The lowest BCUT2D eigenvalue weighted by atomic mass is 10.4. The van der Waals surface area contributed by atoms with Gasteiger partial charge < -0.3 is 0 Å². The maximum atomic E-state index is 13.4. The topological polar surface area (TPSA) is 72.0 Å². The lowest BCUT2D eigenvalue weighted by Crippen LogP contribution is -2.15. The Kier molecular flexibility index (Phi) is 3.88. The average Bonchev–Trinajstić information content (AvgIpc) is 2.26. The van der Waals surface area contributed by atoms with Crippen LogP contribution in [0, 0.1) is 5.82 Å². The molecule has 2 rings (SSSR count). The molecular weight excluding hydrogens is 316 g/mol. The van der Waals surface area contributed by atoms with Crippen LogP contribution in [0.15, 0.2) is 35.2 Å². The Balaban J connectivity index is 2.39. The van der Waals surface area contributed by atoms with Crippen molar-refractivity contribution in [2.45, 2.75) is 4.90 Å². The van der Waals surface area contributed by atoms with Crippen LogP contribution in [-0.2, 0) is 10.0 Å². The minimum absolute atomic E-state index is 0.0359. The second-order valence-electron chi connectivity index (χ2n) is 3.38. The lowest BCUT2D eigenvalue weighted by molar-refractivity contribution is 0.570. The molecule has 0 aliphatic rings. The first kappa shape index (κ1) is 14.0. The molecule has 0 radical (unpaired) electrons. The van der Waals surface area contributed by atoms with E-state index in [0.717, 1.165) is 18.2 Å². The summed E-state index contributed by atoms with van der Waals surface area (Å²) >= 11 is 11.2. The number of anilines is 1. The molecule has 0 atom stereocenters. The number of benzene rings is 1. The summed E-state index contributed by atoms with van der Waals surface area (Å²) in [4.78, 5) is 6.70. The molecule has 9 heteroatoms. The van der Waals surface area contributed by atoms with Gasteiger partial charge in [-0.3, -0.25) is 4.72 Å². The molecule has 19 heavy (non-hydrogen) atoms. The maximum absolute atomic E-state index is 13.4. The molecule has 0 saturated heterocycles. The van der Waals surface area contributed by atoms with Gasteiger partial charge in [-0.1, -0.05) is 23.7 Å². The Morgan fingerprint density at radius 2 is 1.84 bits per heavy atom. The van der Waals surface area contributed by atoms with Crippen molar-refractivity contribution < 1.29 is 12.8 Å². The van der Waals surface area contributed by atoms with Crippen molar-refractivity contribution in [3.63, 3.8) is 0 Å². The first-order valence-electron chi connectivity index (χ1n) is 4.86. The number of nitrogens with one attached hydrogen (secondary N) is 1. The largest absolute Gasteiger partial charge is 0.265 e. The first-order chi connectivity index (χ1) is 8.88. The van der Waals surface area contributed by atoms with Crippen molar-refractivity contribution in [2.75, 3.05) is 4.72 Å². The van der Waals surface area contributed by atoms with Crippen molar-refractivity contribution in [2.24, 2.45) is 0 Å². The van der Waals surface area contributed by atoms with Gasteiger partial charge in [0.15, 0.2) is 0 Å². The molecule has 0 aliphatic heterocycles. The third-order valence-electron chi connectivity index (χ3n) is 2.03. The fraction of sp³-hybridized carbons (Fsp3) is 0. The van der Waals surface area contributed by atoms with Gasteiger partial charge in [0, 0.05) is 6.07 Å². The molecule has 1 aromatic heterocycles. The number of hydrogen-bond donors (Lipinski definition) is 1. The van der Waals surface area contributed by atoms with Crippen LogP contribution in [0.25, 0.3) is 0 Å². The quantitative estimate of drug-likeness (QED) is 0.697. The van der Waals surface area contributed by atoms with E-state index in [0.29, 0.717) is 0 Å². The number of rotatable bonds is 3. The smallest absolute Gasteiger partial charge is 0.263 e. The summed E-state index contributed by atoms with van der Waals surface area (Å²) in [7, 11) is -4.11. The van der Waals surface area contributed by atoms with Crippen molar-refractivity contribution in [3.8, 4) is 0 Å². The molecule has 2 aromatic rings. The molecule has 100 valence electrons. The van der Waals surface area contributed by atoms with Gasteiger partial charge in [-0.2, -0.15) is 4.98 Å². The second-order valence-corrected chi connectivity index (χ2v) is 5.76. The van der Waals surface area contributed by atoms with Gasteiger partial charge in [0.2, 0.25) is 5.28 Å². The second kappa shape index (κ2) is 5.28. The number of halogens is 3. The van der Waals surface area contributed by atoms with Gasteiger partial charge >= 0.3 is 0 Å². The summed E-state index contributed by atoms with van der Waals surface area (Å²) < 4.78 is 39.4. The number of aromatic nitrogens is 2. The molecule has 0 aliphatic carbocycles. The highest BCUT2D eigenvalue weighted by atomic mass is 35.5. The lowest BCUT2D eigenvalue weighted by Gasteiger charge is -2.08. The van der Waals surface area contributed by atoms with E-state index in [4.69, 9.17) is 23.2 Å². The van der Waals surface area contributed by atoms with Crippen molar-refractivity contribution in [1.82, 2.24) is 9.97 Å². The SMILES string of the molecule is O=S(=O)(Nc1cc(Cl)nc(Cl)n1)c1ccccc1F. The van der Waals surface area contributed by atoms with Gasteiger partial charge in [0.05, 0.1) is 0 Å². The van der Waals surface area contributed by atoms with E-state index in [9.17, 15) is 12.8 Å². The van der Waals surface area contributed by atoms with E-state index in [-0.39, 0.29) is 16.3 Å². The normalized spacial score (nSPS) is 11.3. The first-order valence-corrected chi connectivity index (χ1v) is 7.10. The standard InChI is InChI=1S/C10H6Cl2FN3O2S/c11-8-5-9(15-10(12)14-8)16-19(17,18)7-4-2-1-3-6(7)13/h1-5H,(H,14,15,16). The summed E-state index contributed by atoms with van der Waals surface area (Å²) in [5, 5.41) is -0.259. The summed E-state index contributed by atoms with van der Waals surface area (Å²) in [5.74, 6) is -1.02. The maximum Gasteiger partial charge on any atom is 0.265 e. The molecule has 0 fully saturated rings. The molecule has 0 amide bonds. The van der Waals surface area contributed by atoms with E-state index in [1.807, 2.05) is 0 Å². The summed E-state index contributed by atoms with van der Waals surface area (Å²) in [6.45, 7) is 0. The van der Waals surface area contributed by atoms with E-state index in [1.165, 1.54) is 12.1 Å². The summed E-state index contributed by atoms with van der Waals surface area (Å²) in [5.41, 5.74) is 0. The van der Waals surface area contributed by atoms with Gasteiger partial charge in [0.25, 0.3) is 10.0 Å². The minimum Gasteiger partial charge on any atom is -0.263 e. The number of nitrogens with zero attached hydrogens (tertiary/aromatic N) is 2. The zero-order chi connectivity index (χ0) is 14.0. The Bertz CT molecular complexity index is 704. The summed E-state index contributed by atoms with van der Waals surface area (Å²) in [6.07, 6.45) is 0. The van der Waals surface area contributed by atoms with Gasteiger partial charge in [-0.15, -0.1) is 0 Å². The van der Waals surface area contributed by atoms with Gasteiger partial charge in [-0.25, -0.2) is 17.8 Å². The van der Waals surface area contributed by atoms with Gasteiger partial charge in [-0.05, 0) is 23.7 Å². The van der Waals surface area contributed by atoms with E-state index >= 15 is 0 Å². The molecule has 1 aromatic carbocycles. The van der Waals surface area contributed by atoms with E-state index in [2.05, 4.69) is 14.7 Å². The van der Waals surface area contributed by atoms with Crippen LogP contribution >= 0.6 is 23.2 Å². The van der Waals surface area contributed by atoms with Crippen LogP contribution in [0.5, 0.6) is 0 Å². The van der Waals surface area contributed by atoms with Crippen molar-refractivity contribution >= 4 is 39.0 Å². The molecule has 1 heterocycles. The molecule has 0 bridgehead atoms. The Morgan fingerprint density at radius 3 is 2.47 bits per heavy atom. The van der Waals surface area contributed by atoms with Crippen LogP contribution < -0.4 is 4.72 Å². The Hall–Kier alpha value is -1.44. The Morgan fingerprint density at radius 1 is 1.16 bits per heavy atom. The van der Waals surface area contributed by atoms with Crippen molar-refractivity contribution in [1.29, 1.82) is 0 Å². The van der Waals surface area contributed by atoms with Crippen LogP contribution in [0.2, 0.25) is 10.4 Å². The van der Waals surface area contributed by atoms with Crippen LogP contribution in [0.4, 0.5) is 10.2 Å². The van der Waals surface area contributed by atoms with Crippen LogP contribution in [-0.4, -0.2) is 18.4 Å². The molecule has 0 unspecified atom stereocenters. The highest BCUT2D eigenvalue weighted by Crippen LogP contribution is 2.20. The molecule has 0 saturated carbocycles. The van der Waals surface area contributed by atoms with Gasteiger partial charge in [0.1, 0.15) is 21.7 Å². The predicted octanol–water partition coefficient (Wildman–Crippen LogP) is 2.72. The third kappa shape index (κ3) is 3.31. The number of hydrogen-bond acceptors (Lipinski definition) is 4. The van der Waals surface area contributed by atoms with Crippen LogP contribution in [0.3, 0.4) is 0 Å². The monoisotopic (exact) mass is 321 g/mol. The van der Waals surface area contributed by atoms with E-state index in [1.54, 1.807) is 0 Å². The zero-order valence-corrected chi connectivity index (χ0v) is 11.5. The molecular formula is C10H6Cl2FN3O2S. The molecule has 5 nitrogen and oxygen atoms in total. The molecule has 0 spiro atoms.